The van der Waals surface area contributed by atoms with Crippen LogP contribution in [0.2, 0.25) is 0 Å². The van der Waals surface area contributed by atoms with Crippen molar-refractivity contribution in [3.05, 3.63) is 0 Å². The zero-order valence-corrected chi connectivity index (χ0v) is 9.80. The number of carbonyl (C=O) groups excluding carboxylic acids is 1. The predicted molar refractivity (Wildman–Crippen MR) is 54.9 cm³/mol. The minimum absolute atomic E-state index is 0. The highest BCUT2D eigenvalue weighted by Crippen LogP contribution is 2.32. The third-order valence-corrected chi connectivity index (χ3v) is 2.54. The number of nitrogens with one attached hydrogen (secondary N) is 1. The third-order valence-electron chi connectivity index (χ3n) is 2.54. The minimum Gasteiger partial charge on any atom is -0.468 e. The van der Waals surface area contributed by atoms with Crippen LogP contribution in [0.5, 0.6) is 0 Å². The Labute approximate surface area is 94.9 Å². The second kappa shape index (κ2) is 4.25. The first-order chi connectivity index (χ1) is 6.53. The second-order valence-electron chi connectivity index (χ2n) is 4.05. The fraction of sp³-hybridized carbons (Fsp3) is 0.889. The Balaban J connectivity index is 0.00000112. The number of hydrogen-bond donors (Lipinski definition) is 1. The topological polar surface area (TPSA) is 56.8 Å². The summed E-state index contributed by atoms with van der Waals surface area (Å²) in [6.07, 6.45) is -0.272. The lowest BCUT2D eigenvalue weighted by Crippen LogP contribution is -2.42. The number of ether oxygens (including phenoxy) is 3. The van der Waals surface area contributed by atoms with Gasteiger partial charge in [0.05, 0.1) is 7.11 Å². The Morgan fingerprint density at radius 2 is 2.13 bits per heavy atom. The Bertz CT molecular complexity index is 258. The van der Waals surface area contributed by atoms with Crippen molar-refractivity contribution < 1.29 is 19.0 Å². The molecule has 0 aliphatic carbocycles. The highest BCUT2D eigenvalue weighted by molar-refractivity contribution is 5.85. The summed E-state index contributed by atoms with van der Waals surface area (Å²) in [6.45, 7) is 4.33. The molecule has 0 amide bonds. The Morgan fingerprint density at radius 3 is 2.73 bits per heavy atom. The Kier molecular flexibility index (Phi) is 3.60. The summed E-state index contributed by atoms with van der Waals surface area (Å²) < 4.78 is 15.9. The van der Waals surface area contributed by atoms with E-state index in [1.807, 2.05) is 13.8 Å². The minimum atomic E-state index is -0.594. The van der Waals surface area contributed by atoms with E-state index >= 15 is 0 Å². The van der Waals surface area contributed by atoms with Gasteiger partial charge in [0.15, 0.2) is 5.79 Å². The Hall–Kier alpha value is -0.360. The molecule has 2 aliphatic rings. The number of halogens is 1. The van der Waals surface area contributed by atoms with Crippen LogP contribution in [-0.4, -0.2) is 43.7 Å². The lowest BCUT2D eigenvalue weighted by Gasteiger charge is -2.20. The lowest BCUT2D eigenvalue weighted by molar-refractivity contribution is -0.162. The molecule has 0 radical (unpaired) electrons. The van der Waals surface area contributed by atoms with E-state index in [1.165, 1.54) is 7.11 Å². The lowest BCUT2D eigenvalue weighted by atomic mass is 10.1. The van der Waals surface area contributed by atoms with Crippen LogP contribution in [0, 0.1) is 0 Å². The fourth-order valence-electron chi connectivity index (χ4n) is 2.01. The normalized spacial score (nSPS) is 36.9. The number of esters is 1. The molecular formula is C9H16ClNO4. The van der Waals surface area contributed by atoms with Gasteiger partial charge in [-0.05, 0) is 13.8 Å². The van der Waals surface area contributed by atoms with E-state index in [1.54, 1.807) is 0 Å². The Morgan fingerprint density at radius 1 is 1.47 bits per heavy atom. The number of rotatable bonds is 1. The molecule has 0 spiro atoms. The molecule has 2 heterocycles. The third kappa shape index (κ3) is 2.25. The van der Waals surface area contributed by atoms with E-state index in [0.717, 1.165) is 0 Å². The first-order valence-corrected chi connectivity index (χ1v) is 4.70. The number of methoxy groups -OCH3 is 1. The van der Waals surface area contributed by atoms with Gasteiger partial charge in [-0.2, -0.15) is 0 Å². The maximum absolute atomic E-state index is 11.3. The van der Waals surface area contributed by atoms with Gasteiger partial charge < -0.3 is 14.2 Å². The summed E-state index contributed by atoms with van der Waals surface area (Å²) in [6, 6.07) is -0.397. The van der Waals surface area contributed by atoms with Crippen molar-refractivity contribution in [2.45, 2.75) is 37.9 Å². The first-order valence-electron chi connectivity index (χ1n) is 4.70. The monoisotopic (exact) mass is 237 g/mol. The number of carbonyl (C=O) groups is 1. The standard InChI is InChI=1S/C9H15NO4.ClH/c1-9(2)13-5-4-10-6(7(5)14-9)8(11)12-3;/h5-7,10H,4H2,1-3H3;1H. The van der Waals surface area contributed by atoms with Crippen LogP contribution in [0.15, 0.2) is 0 Å². The average molecular weight is 238 g/mol. The van der Waals surface area contributed by atoms with E-state index in [4.69, 9.17) is 9.47 Å². The molecule has 2 fully saturated rings. The van der Waals surface area contributed by atoms with Crippen molar-refractivity contribution >= 4 is 18.4 Å². The molecule has 1 N–H and O–H groups in total. The summed E-state index contributed by atoms with van der Waals surface area (Å²) in [7, 11) is 1.37. The molecule has 15 heavy (non-hydrogen) atoms. The molecule has 2 saturated heterocycles. The SMILES string of the molecule is COC(=O)C1NCC2OC(C)(C)OC21.Cl. The summed E-state index contributed by atoms with van der Waals surface area (Å²) in [5, 5.41) is 3.02. The van der Waals surface area contributed by atoms with Gasteiger partial charge in [-0.25, -0.2) is 0 Å². The van der Waals surface area contributed by atoms with Crippen LogP contribution < -0.4 is 5.32 Å². The second-order valence-corrected chi connectivity index (χ2v) is 4.05. The number of hydrogen-bond acceptors (Lipinski definition) is 5. The summed E-state index contributed by atoms with van der Waals surface area (Å²) >= 11 is 0. The van der Waals surface area contributed by atoms with Crippen molar-refractivity contribution in [2.24, 2.45) is 0 Å². The fourth-order valence-corrected chi connectivity index (χ4v) is 2.01. The van der Waals surface area contributed by atoms with Gasteiger partial charge in [-0.3, -0.25) is 10.1 Å². The molecular weight excluding hydrogens is 222 g/mol. The van der Waals surface area contributed by atoms with E-state index in [-0.39, 0.29) is 30.6 Å². The van der Waals surface area contributed by atoms with E-state index < -0.39 is 11.8 Å². The predicted octanol–water partition coefficient (Wildman–Crippen LogP) is 0.0731. The maximum atomic E-state index is 11.3. The molecule has 0 aromatic rings. The van der Waals surface area contributed by atoms with Gasteiger partial charge in [0, 0.05) is 6.54 Å². The maximum Gasteiger partial charge on any atom is 0.325 e. The zero-order chi connectivity index (χ0) is 10.3. The summed E-state index contributed by atoms with van der Waals surface area (Å²) in [4.78, 5) is 11.3. The highest BCUT2D eigenvalue weighted by atomic mass is 35.5. The first kappa shape index (κ1) is 12.7. The average Bonchev–Trinajstić information content (AvgIpc) is 2.58. The van der Waals surface area contributed by atoms with Gasteiger partial charge >= 0.3 is 5.97 Å². The quantitative estimate of drug-likeness (QED) is 0.655. The molecule has 0 aromatic carbocycles. The van der Waals surface area contributed by atoms with Crippen LogP contribution in [0.25, 0.3) is 0 Å². The molecule has 88 valence electrons. The van der Waals surface area contributed by atoms with E-state index in [9.17, 15) is 4.79 Å². The van der Waals surface area contributed by atoms with Crippen molar-refractivity contribution in [1.29, 1.82) is 0 Å². The molecule has 0 aromatic heterocycles. The van der Waals surface area contributed by atoms with Crippen LogP contribution >= 0.6 is 12.4 Å². The number of fused-ring (bicyclic) bond motifs is 1. The van der Waals surface area contributed by atoms with E-state index in [0.29, 0.717) is 6.54 Å². The van der Waals surface area contributed by atoms with Crippen molar-refractivity contribution in [2.75, 3.05) is 13.7 Å². The van der Waals surface area contributed by atoms with Crippen LogP contribution in [-0.2, 0) is 19.0 Å². The van der Waals surface area contributed by atoms with Crippen molar-refractivity contribution in [3.63, 3.8) is 0 Å². The zero-order valence-electron chi connectivity index (χ0n) is 8.98. The summed E-state index contributed by atoms with van der Waals surface area (Å²) in [5.74, 6) is -0.886. The van der Waals surface area contributed by atoms with Crippen molar-refractivity contribution in [1.82, 2.24) is 5.32 Å². The largest absolute Gasteiger partial charge is 0.468 e. The molecule has 2 aliphatic heterocycles. The summed E-state index contributed by atoms with van der Waals surface area (Å²) in [5.41, 5.74) is 0. The van der Waals surface area contributed by atoms with E-state index in [2.05, 4.69) is 10.1 Å². The molecule has 0 saturated carbocycles. The van der Waals surface area contributed by atoms with Gasteiger partial charge in [0.1, 0.15) is 18.2 Å². The van der Waals surface area contributed by atoms with Crippen LogP contribution in [0.1, 0.15) is 13.8 Å². The van der Waals surface area contributed by atoms with Gasteiger partial charge in [-0.1, -0.05) is 0 Å². The molecule has 5 nitrogen and oxygen atoms in total. The van der Waals surface area contributed by atoms with Gasteiger partial charge in [-0.15, -0.1) is 12.4 Å². The smallest absolute Gasteiger partial charge is 0.325 e. The van der Waals surface area contributed by atoms with Gasteiger partial charge in [0.25, 0.3) is 0 Å². The molecule has 3 atom stereocenters. The van der Waals surface area contributed by atoms with Crippen molar-refractivity contribution in [3.8, 4) is 0 Å². The van der Waals surface area contributed by atoms with Crippen LogP contribution in [0.4, 0.5) is 0 Å². The molecule has 2 rings (SSSR count). The highest BCUT2D eigenvalue weighted by Gasteiger charge is 2.51. The molecule has 0 bridgehead atoms. The van der Waals surface area contributed by atoms with Crippen LogP contribution in [0.3, 0.4) is 0 Å². The van der Waals surface area contributed by atoms with Gasteiger partial charge in [0.2, 0.25) is 0 Å². The molecule has 6 heteroatoms. The molecule has 3 unspecified atom stereocenters.